The van der Waals surface area contributed by atoms with Crippen LogP contribution < -0.4 is 16.4 Å². The molecule has 0 amide bonds. The molecule has 1 saturated heterocycles. The summed E-state index contributed by atoms with van der Waals surface area (Å²) in [5, 5.41) is 9.27. The van der Waals surface area contributed by atoms with E-state index in [1.54, 1.807) is 0 Å². The van der Waals surface area contributed by atoms with Crippen LogP contribution in [0.5, 0.6) is 0 Å². The first kappa shape index (κ1) is 34.3. The van der Waals surface area contributed by atoms with Gasteiger partial charge in [0.1, 0.15) is 0 Å². The van der Waals surface area contributed by atoms with Crippen molar-refractivity contribution in [3.63, 3.8) is 0 Å². The standard InChI is InChI=1S/C32H67N3S/c1-6-11-15-19-22-27(21-17-13-8-3)30-31(36-32(35-30)29(26-33)34-25-10-5)28(23-18-14-9-4)24-20-16-12-7-2/h27-32,34-35H,6-26,33H2,1-5H3. The lowest BCUT2D eigenvalue weighted by Gasteiger charge is -2.33. The van der Waals surface area contributed by atoms with Gasteiger partial charge >= 0.3 is 0 Å². The number of nitrogens with one attached hydrogen (secondary N) is 2. The molecular formula is C32H67N3S. The molecule has 1 fully saturated rings. The maximum Gasteiger partial charge on any atom is 0.0706 e. The minimum atomic E-state index is 0.384. The van der Waals surface area contributed by atoms with Crippen molar-refractivity contribution in [2.75, 3.05) is 13.1 Å². The highest BCUT2D eigenvalue weighted by atomic mass is 32.2. The van der Waals surface area contributed by atoms with Crippen LogP contribution in [0.3, 0.4) is 0 Å². The summed E-state index contributed by atoms with van der Waals surface area (Å²) in [5.41, 5.74) is 6.34. The fourth-order valence-electron chi connectivity index (χ4n) is 6.20. The van der Waals surface area contributed by atoms with Crippen molar-refractivity contribution in [1.29, 1.82) is 0 Å². The first-order chi connectivity index (χ1) is 17.7. The molecule has 3 nitrogen and oxygen atoms in total. The van der Waals surface area contributed by atoms with Crippen LogP contribution in [-0.4, -0.2) is 35.8 Å². The van der Waals surface area contributed by atoms with Crippen molar-refractivity contribution >= 4 is 11.8 Å². The highest BCUT2D eigenvalue weighted by Crippen LogP contribution is 2.43. The van der Waals surface area contributed by atoms with Gasteiger partial charge in [-0.3, -0.25) is 5.32 Å². The topological polar surface area (TPSA) is 50.1 Å². The van der Waals surface area contributed by atoms with E-state index in [2.05, 4.69) is 57.0 Å². The highest BCUT2D eigenvalue weighted by molar-refractivity contribution is 8.00. The van der Waals surface area contributed by atoms with Crippen LogP contribution in [-0.2, 0) is 0 Å². The second kappa shape index (κ2) is 23.1. The van der Waals surface area contributed by atoms with E-state index in [1.807, 2.05) is 0 Å². The van der Waals surface area contributed by atoms with Crippen molar-refractivity contribution in [2.24, 2.45) is 17.6 Å². The number of hydrogen-bond acceptors (Lipinski definition) is 4. The highest BCUT2D eigenvalue weighted by Gasteiger charge is 2.44. The zero-order valence-electron chi connectivity index (χ0n) is 25.3. The Balaban J connectivity index is 3.10. The zero-order valence-corrected chi connectivity index (χ0v) is 26.1. The number of nitrogens with two attached hydrogens (primary N) is 1. The van der Waals surface area contributed by atoms with Crippen molar-refractivity contribution in [3.8, 4) is 0 Å². The van der Waals surface area contributed by atoms with Gasteiger partial charge in [-0.2, -0.15) is 0 Å². The maximum atomic E-state index is 6.34. The zero-order chi connectivity index (χ0) is 26.4. The van der Waals surface area contributed by atoms with Gasteiger partial charge in [0.25, 0.3) is 0 Å². The van der Waals surface area contributed by atoms with Crippen molar-refractivity contribution in [3.05, 3.63) is 0 Å². The van der Waals surface area contributed by atoms with Crippen LogP contribution in [0.15, 0.2) is 0 Å². The molecule has 0 saturated carbocycles. The Morgan fingerprint density at radius 2 is 1.11 bits per heavy atom. The van der Waals surface area contributed by atoms with E-state index in [0.29, 0.717) is 17.5 Å². The molecule has 1 rings (SSSR count). The Hall–Kier alpha value is 0.230. The molecular weight excluding hydrogens is 458 g/mol. The molecule has 1 aliphatic heterocycles. The normalized spacial score (nSPS) is 22.7. The van der Waals surface area contributed by atoms with Gasteiger partial charge in [0.05, 0.1) is 5.37 Å². The lowest BCUT2D eigenvalue weighted by atomic mass is 9.80. The minimum Gasteiger partial charge on any atom is -0.329 e. The molecule has 0 aromatic carbocycles. The molecule has 4 N–H and O–H groups in total. The van der Waals surface area contributed by atoms with Gasteiger partial charge in [0.2, 0.25) is 0 Å². The van der Waals surface area contributed by atoms with Gasteiger partial charge in [-0.05, 0) is 50.5 Å². The van der Waals surface area contributed by atoms with Crippen molar-refractivity contribution in [1.82, 2.24) is 10.6 Å². The third-order valence-electron chi connectivity index (χ3n) is 8.48. The van der Waals surface area contributed by atoms with Crippen LogP contribution >= 0.6 is 11.8 Å². The molecule has 0 aliphatic carbocycles. The number of unbranched alkanes of at least 4 members (excludes halogenated alkanes) is 10. The summed E-state index contributed by atoms with van der Waals surface area (Å²) < 4.78 is 0. The second-order valence-electron chi connectivity index (χ2n) is 11.7. The largest absolute Gasteiger partial charge is 0.329 e. The van der Waals surface area contributed by atoms with Crippen LogP contribution in [0.2, 0.25) is 0 Å². The molecule has 1 aliphatic rings. The summed E-state index contributed by atoms with van der Waals surface area (Å²) in [4.78, 5) is 0. The average molecular weight is 526 g/mol. The number of thioether (sulfide) groups is 1. The molecule has 0 radical (unpaired) electrons. The minimum absolute atomic E-state index is 0.384. The smallest absolute Gasteiger partial charge is 0.0706 e. The Morgan fingerprint density at radius 3 is 1.58 bits per heavy atom. The quantitative estimate of drug-likeness (QED) is 0.104. The fraction of sp³-hybridized carbons (Fsp3) is 1.00. The molecule has 6 unspecified atom stereocenters. The van der Waals surface area contributed by atoms with E-state index >= 15 is 0 Å². The molecule has 1 heterocycles. The van der Waals surface area contributed by atoms with Crippen LogP contribution in [0, 0.1) is 11.8 Å². The van der Waals surface area contributed by atoms with E-state index in [-0.39, 0.29) is 0 Å². The second-order valence-corrected chi connectivity index (χ2v) is 13.0. The summed E-state index contributed by atoms with van der Waals surface area (Å²) in [6.07, 6.45) is 26.2. The monoisotopic (exact) mass is 526 g/mol. The molecule has 0 aromatic heterocycles. The van der Waals surface area contributed by atoms with Gasteiger partial charge in [-0.15, -0.1) is 11.8 Å². The Labute approximate surface area is 232 Å². The third-order valence-corrected chi connectivity index (χ3v) is 10.2. The Bertz CT molecular complexity index is 440. The lowest BCUT2D eigenvalue weighted by molar-refractivity contribution is 0.252. The van der Waals surface area contributed by atoms with Crippen molar-refractivity contribution in [2.45, 2.75) is 179 Å². The number of rotatable bonds is 25. The molecule has 6 atom stereocenters. The van der Waals surface area contributed by atoms with Gasteiger partial charge < -0.3 is 11.1 Å². The summed E-state index contributed by atoms with van der Waals surface area (Å²) in [6.45, 7) is 13.5. The van der Waals surface area contributed by atoms with Crippen LogP contribution in [0.4, 0.5) is 0 Å². The molecule has 0 bridgehead atoms. The first-order valence-electron chi connectivity index (χ1n) is 16.5. The number of hydrogen-bond donors (Lipinski definition) is 3. The van der Waals surface area contributed by atoms with Crippen LogP contribution in [0.25, 0.3) is 0 Å². The van der Waals surface area contributed by atoms with E-state index in [4.69, 9.17) is 5.73 Å². The molecule has 0 spiro atoms. The molecule has 0 aromatic rings. The summed E-state index contributed by atoms with van der Waals surface area (Å²) in [6, 6.07) is 1.05. The lowest BCUT2D eigenvalue weighted by Crippen LogP contribution is -2.51. The van der Waals surface area contributed by atoms with Gasteiger partial charge in [0, 0.05) is 23.9 Å². The van der Waals surface area contributed by atoms with Gasteiger partial charge in [-0.25, -0.2) is 0 Å². The maximum absolute atomic E-state index is 6.34. The predicted octanol–water partition coefficient (Wildman–Crippen LogP) is 9.05. The van der Waals surface area contributed by atoms with E-state index < -0.39 is 0 Å². The van der Waals surface area contributed by atoms with Gasteiger partial charge in [-0.1, -0.05) is 125 Å². The third kappa shape index (κ3) is 13.9. The molecule has 216 valence electrons. The van der Waals surface area contributed by atoms with Gasteiger partial charge in [0.15, 0.2) is 0 Å². The van der Waals surface area contributed by atoms with E-state index in [1.165, 1.54) is 122 Å². The SMILES string of the molecule is CCCCCCC(CCCCC)C1NC(C(CN)NCCC)SC1C(CCCCC)CCCCCC. The summed E-state index contributed by atoms with van der Waals surface area (Å²) in [5.74, 6) is 1.68. The molecule has 36 heavy (non-hydrogen) atoms. The summed E-state index contributed by atoms with van der Waals surface area (Å²) in [7, 11) is 0. The predicted molar refractivity (Wildman–Crippen MR) is 166 cm³/mol. The van der Waals surface area contributed by atoms with E-state index in [9.17, 15) is 0 Å². The molecule has 4 heteroatoms. The van der Waals surface area contributed by atoms with E-state index in [0.717, 1.165) is 30.2 Å². The van der Waals surface area contributed by atoms with Crippen LogP contribution in [0.1, 0.15) is 157 Å². The first-order valence-corrected chi connectivity index (χ1v) is 17.5. The van der Waals surface area contributed by atoms with Crippen molar-refractivity contribution < 1.29 is 0 Å². The summed E-state index contributed by atoms with van der Waals surface area (Å²) >= 11 is 2.29. The fourth-order valence-corrected chi connectivity index (χ4v) is 8.13. The average Bonchev–Trinajstić information content (AvgIpc) is 3.32. The Morgan fingerprint density at radius 1 is 0.639 bits per heavy atom. The Kier molecular flexibility index (Phi) is 22.0.